The Morgan fingerprint density at radius 3 is 2.10 bits per heavy atom. The Kier molecular flexibility index (Phi) is 7.70. The minimum atomic E-state index is -0.0683. The van der Waals surface area contributed by atoms with E-state index in [9.17, 15) is 5.11 Å². The summed E-state index contributed by atoms with van der Waals surface area (Å²) in [5.74, 6) is 0.256. The number of hydrogen-bond donors (Lipinski definition) is 1. The van der Waals surface area contributed by atoms with Crippen LogP contribution in [0, 0.1) is 6.07 Å². The molecule has 0 radical (unpaired) electrons. The van der Waals surface area contributed by atoms with E-state index in [0.717, 1.165) is 53.9 Å². The van der Waals surface area contributed by atoms with Gasteiger partial charge in [0.1, 0.15) is 5.75 Å². The summed E-state index contributed by atoms with van der Waals surface area (Å²) >= 11 is 1.66. The number of pyridine rings is 1. The van der Waals surface area contributed by atoms with Crippen molar-refractivity contribution in [3.63, 3.8) is 0 Å². The quantitative estimate of drug-likeness (QED) is 0.184. The van der Waals surface area contributed by atoms with Gasteiger partial charge in [0.2, 0.25) is 0 Å². The molecule has 0 spiro atoms. The van der Waals surface area contributed by atoms with Gasteiger partial charge in [-0.3, -0.25) is 9.97 Å². The van der Waals surface area contributed by atoms with E-state index in [-0.39, 0.29) is 37.6 Å². The topological polar surface area (TPSA) is 46.0 Å². The maximum absolute atomic E-state index is 10.6. The van der Waals surface area contributed by atoms with Crippen molar-refractivity contribution in [2.45, 2.75) is 52.4 Å². The zero-order valence-electron chi connectivity index (χ0n) is 24.1. The van der Waals surface area contributed by atoms with Crippen molar-refractivity contribution in [3.8, 4) is 38.6 Å². The Hall–Kier alpha value is -3.33. The van der Waals surface area contributed by atoms with Gasteiger partial charge < -0.3 is 5.11 Å². The van der Waals surface area contributed by atoms with Crippen LogP contribution in [0.3, 0.4) is 0 Å². The number of para-hydroxylation sites is 2. The van der Waals surface area contributed by atoms with Crippen molar-refractivity contribution in [2.24, 2.45) is 0 Å². The molecule has 2 aromatic heterocycles. The Morgan fingerprint density at radius 2 is 1.37 bits per heavy atom. The maximum atomic E-state index is 10.6. The molecule has 0 amide bonds. The van der Waals surface area contributed by atoms with Crippen LogP contribution in [0.15, 0.2) is 85.1 Å². The third-order valence-corrected chi connectivity index (χ3v) is 8.49. The predicted molar refractivity (Wildman–Crippen MR) is 169 cm³/mol. The standard InChI is InChI=1S/C36H33N2OS.Pt/c1-35(2,3)25-19-23(29-21-26(36(4,5)6)18-22-11-10-16-37-32(22)29)17-24(20-25)34-38-33-28(13-9-15-31(33)40-34)27-12-7-8-14-30(27)39;/h7-16,18-21,39H,1-6H3;/q-1;. The number of hydrogen-bond acceptors (Lipinski definition) is 4. The fraction of sp³-hybridized carbons (Fsp3) is 0.222. The molecule has 0 bridgehead atoms. The largest absolute Gasteiger partial charge is 0.507 e. The Bertz CT molecular complexity index is 1890. The van der Waals surface area contributed by atoms with Crippen LogP contribution >= 0.6 is 11.3 Å². The number of thiazole rings is 1. The van der Waals surface area contributed by atoms with E-state index in [1.807, 2.05) is 42.6 Å². The fourth-order valence-electron chi connectivity index (χ4n) is 5.08. The van der Waals surface area contributed by atoms with Gasteiger partial charge in [-0.15, -0.1) is 29.3 Å². The summed E-state index contributed by atoms with van der Waals surface area (Å²) in [5, 5.41) is 12.6. The van der Waals surface area contributed by atoms with Gasteiger partial charge in [0.25, 0.3) is 0 Å². The summed E-state index contributed by atoms with van der Waals surface area (Å²) in [4.78, 5) is 9.94. The van der Waals surface area contributed by atoms with Gasteiger partial charge in [-0.2, -0.15) is 11.3 Å². The molecule has 2 heterocycles. The third kappa shape index (κ3) is 5.61. The van der Waals surface area contributed by atoms with E-state index in [0.29, 0.717) is 0 Å². The first-order chi connectivity index (χ1) is 19.0. The number of benzene rings is 4. The summed E-state index contributed by atoms with van der Waals surface area (Å²) in [6.07, 6.45) is 1.87. The molecular formula is C36H33N2OPtS-. The van der Waals surface area contributed by atoms with Crippen LogP contribution < -0.4 is 0 Å². The average Bonchev–Trinajstić information content (AvgIpc) is 3.36. The zero-order valence-corrected chi connectivity index (χ0v) is 27.2. The molecule has 0 aliphatic heterocycles. The van der Waals surface area contributed by atoms with Crippen LogP contribution in [0.5, 0.6) is 5.75 Å². The van der Waals surface area contributed by atoms with Crippen molar-refractivity contribution in [2.75, 3.05) is 0 Å². The summed E-state index contributed by atoms with van der Waals surface area (Å²) in [7, 11) is 0. The molecule has 0 atom stereocenters. The van der Waals surface area contributed by atoms with Crippen molar-refractivity contribution in [3.05, 3.63) is 102 Å². The van der Waals surface area contributed by atoms with Crippen LogP contribution in [0.1, 0.15) is 52.7 Å². The molecule has 0 saturated carbocycles. The summed E-state index contributed by atoms with van der Waals surface area (Å²) in [6.45, 7) is 13.5. The summed E-state index contributed by atoms with van der Waals surface area (Å²) in [5.41, 5.74) is 9.09. The van der Waals surface area contributed by atoms with Gasteiger partial charge in [-0.25, -0.2) is 0 Å². The molecule has 6 aromatic rings. The zero-order chi connectivity index (χ0) is 28.2. The molecule has 5 heteroatoms. The predicted octanol–water partition coefficient (Wildman–Crippen LogP) is 9.94. The molecule has 210 valence electrons. The van der Waals surface area contributed by atoms with E-state index in [4.69, 9.17) is 9.97 Å². The molecule has 0 saturated heterocycles. The van der Waals surface area contributed by atoms with E-state index in [2.05, 4.69) is 84.0 Å². The van der Waals surface area contributed by atoms with Gasteiger partial charge in [0.05, 0.1) is 10.5 Å². The summed E-state index contributed by atoms with van der Waals surface area (Å²) < 4.78 is 1.08. The van der Waals surface area contributed by atoms with Gasteiger partial charge in [0, 0.05) is 48.6 Å². The van der Waals surface area contributed by atoms with Crippen molar-refractivity contribution < 1.29 is 26.2 Å². The monoisotopic (exact) mass is 736 g/mol. The molecule has 0 fully saturated rings. The normalized spacial score (nSPS) is 12.0. The van der Waals surface area contributed by atoms with E-state index < -0.39 is 0 Å². The number of rotatable bonds is 3. The van der Waals surface area contributed by atoms with Crippen molar-refractivity contribution in [1.29, 1.82) is 0 Å². The van der Waals surface area contributed by atoms with Gasteiger partial charge in [-0.05, 0) is 40.0 Å². The number of phenolic OH excluding ortho intramolecular Hbond substituents is 1. The first-order valence-electron chi connectivity index (χ1n) is 13.6. The SMILES string of the molecule is CC(C)(C)c1cc(-c2nc3c(-c4ccccc4O)cccc3s2)[c-]c(-c2cc(C(C)(C)C)cc3cccnc23)c1.[Pt]. The maximum Gasteiger partial charge on any atom is 0.123 e. The van der Waals surface area contributed by atoms with Gasteiger partial charge >= 0.3 is 0 Å². The van der Waals surface area contributed by atoms with Crippen molar-refractivity contribution in [1.82, 2.24) is 9.97 Å². The molecule has 0 aliphatic carbocycles. The van der Waals surface area contributed by atoms with Crippen LogP contribution in [0.4, 0.5) is 0 Å². The molecule has 1 N–H and O–H groups in total. The molecule has 6 rings (SSSR count). The Morgan fingerprint density at radius 1 is 0.683 bits per heavy atom. The second kappa shape index (κ2) is 10.8. The number of phenols is 1. The van der Waals surface area contributed by atoms with Gasteiger partial charge in [0.15, 0.2) is 0 Å². The minimum absolute atomic E-state index is 0. The fourth-order valence-corrected chi connectivity index (χ4v) is 6.04. The second-order valence-electron chi connectivity index (χ2n) is 12.5. The number of aromatic hydroxyl groups is 1. The first kappa shape index (κ1) is 29.2. The molecule has 3 nitrogen and oxygen atoms in total. The first-order valence-corrected chi connectivity index (χ1v) is 14.5. The smallest absolute Gasteiger partial charge is 0.123 e. The van der Waals surface area contributed by atoms with Gasteiger partial charge in [-0.1, -0.05) is 101 Å². The van der Waals surface area contributed by atoms with E-state index >= 15 is 0 Å². The summed E-state index contributed by atoms with van der Waals surface area (Å²) in [6, 6.07) is 30.5. The average molecular weight is 737 g/mol. The second-order valence-corrected chi connectivity index (χ2v) is 13.5. The van der Waals surface area contributed by atoms with Crippen LogP contribution in [0.2, 0.25) is 0 Å². The number of nitrogens with zero attached hydrogens (tertiary/aromatic N) is 2. The molecule has 4 aromatic carbocycles. The molecule has 41 heavy (non-hydrogen) atoms. The molecular weight excluding hydrogens is 704 g/mol. The van der Waals surface area contributed by atoms with Crippen molar-refractivity contribution >= 4 is 32.5 Å². The van der Waals surface area contributed by atoms with Crippen LogP contribution in [0.25, 0.3) is 53.9 Å². The third-order valence-electron chi connectivity index (χ3n) is 7.44. The molecule has 0 aliphatic rings. The van der Waals surface area contributed by atoms with Crippen LogP contribution in [-0.2, 0) is 31.9 Å². The Labute approximate surface area is 260 Å². The minimum Gasteiger partial charge on any atom is -0.507 e. The number of aromatic nitrogens is 2. The Balaban J connectivity index is 0.00000337. The van der Waals surface area contributed by atoms with Crippen LogP contribution in [-0.4, -0.2) is 15.1 Å². The van der Waals surface area contributed by atoms with E-state index in [1.54, 1.807) is 17.4 Å². The van der Waals surface area contributed by atoms with E-state index in [1.165, 1.54) is 11.1 Å². The molecule has 0 unspecified atom stereocenters. The number of fused-ring (bicyclic) bond motifs is 2.